The highest BCUT2D eigenvalue weighted by atomic mass is 32.2. The van der Waals surface area contributed by atoms with Crippen LogP contribution in [0.1, 0.15) is 34.7 Å². The van der Waals surface area contributed by atoms with E-state index in [2.05, 4.69) is 99.9 Å². The Bertz CT molecular complexity index is 1120. The SMILES string of the molecule is CSc1ccc(CNC(=O)CSC2=NNC3C4CC(c5cc(C)ccc5C)NN4C=CN23)cc1. The Hall–Kier alpha value is -2.62. The summed E-state index contributed by atoms with van der Waals surface area (Å²) < 4.78 is 0. The minimum absolute atomic E-state index is 0.00484. The summed E-state index contributed by atoms with van der Waals surface area (Å²) in [5, 5.41) is 10.6. The summed E-state index contributed by atoms with van der Waals surface area (Å²) in [4.78, 5) is 15.8. The Morgan fingerprint density at radius 1 is 1.18 bits per heavy atom. The number of hydrogen-bond acceptors (Lipinski definition) is 8. The lowest BCUT2D eigenvalue weighted by Crippen LogP contribution is -2.54. The van der Waals surface area contributed by atoms with Crippen molar-refractivity contribution in [2.75, 3.05) is 12.0 Å². The van der Waals surface area contributed by atoms with Gasteiger partial charge in [0.15, 0.2) is 5.17 Å². The normalized spacial score (nSPS) is 22.8. The number of hydrogen-bond donors (Lipinski definition) is 3. The van der Waals surface area contributed by atoms with E-state index in [1.165, 1.54) is 33.3 Å². The lowest BCUT2D eigenvalue weighted by atomic mass is 9.95. The first kappa shape index (κ1) is 23.1. The second kappa shape index (κ2) is 9.93. The molecule has 1 saturated heterocycles. The van der Waals surface area contributed by atoms with Crippen molar-refractivity contribution in [3.63, 3.8) is 0 Å². The number of hydrazone groups is 1. The topological polar surface area (TPSA) is 72.0 Å². The average molecular weight is 495 g/mol. The Morgan fingerprint density at radius 3 is 2.79 bits per heavy atom. The quantitative estimate of drug-likeness (QED) is 0.529. The molecule has 0 radical (unpaired) electrons. The molecule has 7 nitrogen and oxygen atoms in total. The molecule has 0 bridgehead atoms. The number of rotatable bonds is 6. The first-order valence-corrected chi connectivity index (χ1v) is 13.7. The van der Waals surface area contributed by atoms with Gasteiger partial charge in [0.25, 0.3) is 0 Å². The lowest BCUT2D eigenvalue weighted by Gasteiger charge is -2.36. The molecule has 2 aromatic rings. The molecule has 1 amide bonds. The van der Waals surface area contributed by atoms with Crippen LogP contribution < -0.4 is 16.2 Å². The minimum atomic E-state index is 0.00484. The molecule has 3 aliphatic heterocycles. The molecule has 3 N–H and O–H groups in total. The maximum absolute atomic E-state index is 12.4. The molecule has 5 rings (SSSR count). The summed E-state index contributed by atoms with van der Waals surface area (Å²) in [5.74, 6) is 0.336. The zero-order valence-corrected chi connectivity index (χ0v) is 21.2. The molecule has 0 aromatic heterocycles. The fourth-order valence-electron chi connectivity index (χ4n) is 4.61. The van der Waals surface area contributed by atoms with E-state index < -0.39 is 0 Å². The van der Waals surface area contributed by atoms with Crippen LogP contribution in [0.3, 0.4) is 0 Å². The summed E-state index contributed by atoms with van der Waals surface area (Å²) in [7, 11) is 0. The van der Waals surface area contributed by atoms with E-state index in [4.69, 9.17) is 0 Å². The first-order valence-electron chi connectivity index (χ1n) is 11.5. The molecule has 34 heavy (non-hydrogen) atoms. The molecule has 0 aliphatic carbocycles. The molecule has 3 heterocycles. The van der Waals surface area contributed by atoms with E-state index >= 15 is 0 Å². The third-order valence-electron chi connectivity index (χ3n) is 6.50. The number of carbonyl (C=O) groups excluding carboxylic acids is 1. The Balaban J connectivity index is 1.14. The van der Waals surface area contributed by atoms with Crippen LogP contribution in [0.2, 0.25) is 0 Å². The Morgan fingerprint density at radius 2 is 2.00 bits per heavy atom. The predicted octanol–water partition coefficient (Wildman–Crippen LogP) is 3.68. The van der Waals surface area contributed by atoms with Crippen molar-refractivity contribution in [3.05, 3.63) is 77.1 Å². The average Bonchev–Trinajstić information content (AvgIpc) is 3.47. The van der Waals surface area contributed by atoms with Gasteiger partial charge in [0.05, 0.1) is 17.8 Å². The fourth-order valence-corrected chi connectivity index (χ4v) is 5.82. The van der Waals surface area contributed by atoms with Crippen molar-refractivity contribution < 1.29 is 4.79 Å². The highest BCUT2D eigenvalue weighted by Gasteiger charge is 2.44. The monoisotopic (exact) mass is 494 g/mol. The van der Waals surface area contributed by atoms with Crippen molar-refractivity contribution in [1.82, 2.24) is 26.1 Å². The molecule has 0 spiro atoms. The number of carbonyl (C=O) groups is 1. The van der Waals surface area contributed by atoms with E-state index in [9.17, 15) is 4.79 Å². The van der Waals surface area contributed by atoms with E-state index in [1.54, 1.807) is 11.8 Å². The summed E-state index contributed by atoms with van der Waals surface area (Å²) in [5.41, 5.74) is 12.0. The summed E-state index contributed by atoms with van der Waals surface area (Å²) in [6.07, 6.45) is 7.20. The number of nitrogens with one attached hydrogen (secondary N) is 3. The third kappa shape index (κ3) is 4.78. The maximum Gasteiger partial charge on any atom is 0.230 e. The van der Waals surface area contributed by atoms with Gasteiger partial charge in [0.2, 0.25) is 5.91 Å². The summed E-state index contributed by atoms with van der Waals surface area (Å²) in [6, 6.07) is 15.4. The van der Waals surface area contributed by atoms with Crippen molar-refractivity contribution >= 4 is 34.6 Å². The van der Waals surface area contributed by atoms with Gasteiger partial charge in [-0.25, -0.2) is 5.43 Å². The molecule has 3 atom stereocenters. The van der Waals surface area contributed by atoms with Crippen LogP contribution >= 0.6 is 23.5 Å². The third-order valence-corrected chi connectivity index (χ3v) is 8.21. The number of benzene rings is 2. The van der Waals surface area contributed by atoms with Gasteiger partial charge in [-0.1, -0.05) is 47.7 Å². The van der Waals surface area contributed by atoms with E-state index in [1.807, 2.05) is 6.20 Å². The van der Waals surface area contributed by atoms with Gasteiger partial charge >= 0.3 is 0 Å². The van der Waals surface area contributed by atoms with Crippen molar-refractivity contribution in [1.29, 1.82) is 0 Å². The van der Waals surface area contributed by atoms with Crippen molar-refractivity contribution in [3.8, 4) is 0 Å². The number of amidine groups is 1. The smallest absolute Gasteiger partial charge is 0.230 e. The van der Waals surface area contributed by atoms with Crippen LogP contribution in [0.25, 0.3) is 0 Å². The highest BCUT2D eigenvalue weighted by Crippen LogP contribution is 2.36. The zero-order chi connectivity index (χ0) is 23.7. The molecular weight excluding hydrogens is 464 g/mol. The first-order chi connectivity index (χ1) is 16.5. The zero-order valence-electron chi connectivity index (χ0n) is 19.6. The van der Waals surface area contributed by atoms with Crippen LogP contribution in [0.15, 0.2) is 64.9 Å². The molecule has 0 saturated carbocycles. The van der Waals surface area contributed by atoms with Crippen LogP contribution in [0.4, 0.5) is 0 Å². The lowest BCUT2D eigenvalue weighted by molar-refractivity contribution is -0.118. The van der Waals surface area contributed by atoms with Crippen molar-refractivity contribution in [2.24, 2.45) is 5.10 Å². The largest absolute Gasteiger partial charge is 0.351 e. The second-order valence-electron chi connectivity index (χ2n) is 8.84. The maximum atomic E-state index is 12.4. The van der Waals surface area contributed by atoms with Gasteiger partial charge in [0, 0.05) is 23.8 Å². The van der Waals surface area contributed by atoms with Crippen LogP contribution in [0.5, 0.6) is 0 Å². The van der Waals surface area contributed by atoms with Gasteiger partial charge in [-0.05, 0) is 55.3 Å². The van der Waals surface area contributed by atoms with Gasteiger partial charge in [0.1, 0.15) is 6.17 Å². The highest BCUT2D eigenvalue weighted by molar-refractivity contribution is 8.14. The van der Waals surface area contributed by atoms with Gasteiger partial charge in [-0.3, -0.25) is 10.2 Å². The van der Waals surface area contributed by atoms with Gasteiger partial charge in [-0.2, -0.15) is 5.10 Å². The number of nitrogens with zero attached hydrogens (tertiary/aromatic N) is 3. The minimum Gasteiger partial charge on any atom is -0.351 e. The van der Waals surface area contributed by atoms with E-state index in [0.717, 1.165) is 17.2 Å². The molecule has 2 aromatic carbocycles. The number of aryl methyl sites for hydroxylation is 2. The van der Waals surface area contributed by atoms with Crippen LogP contribution in [0, 0.1) is 13.8 Å². The number of fused-ring (bicyclic) bond motifs is 3. The molecule has 3 aliphatic rings. The van der Waals surface area contributed by atoms with E-state index in [0.29, 0.717) is 12.3 Å². The molecule has 178 valence electrons. The van der Waals surface area contributed by atoms with Gasteiger partial charge < -0.3 is 15.2 Å². The van der Waals surface area contributed by atoms with Gasteiger partial charge in [-0.15, -0.1) is 11.8 Å². The summed E-state index contributed by atoms with van der Waals surface area (Å²) >= 11 is 3.17. The Kier molecular flexibility index (Phi) is 6.76. The molecular formula is C25H30N6OS2. The second-order valence-corrected chi connectivity index (χ2v) is 10.7. The van der Waals surface area contributed by atoms with Crippen LogP contribution in [-0.2, 0) is 11.3 Å². The van der Waals surface area contributed by atoms with Crippen molar-refractivity contribution in [2.45, 2.75) is 50.0 Å². The number of thioether (sulfide) groups is 2. The standard InChI is InChI=1S/C25H30N6OS2/c1-16-4-5-17(2)20(12-16)21-13-22-24-27-28-25(30(24)10-11-31(22)29-21)34-15-23(32)26-14-18-6-8-19(33-3)9-7-18/h4-12,21-22,24,27,29H,13-15H2,1-3H3,(H,26,32). The predicted molar refractivity (Wildman–Crippen MR) is 140 cm³/mol. The molecule has 3 unspecified atom stereocenters. The Labute approximate surface area is 209 Å². The van der Waals surface area contributed by atoms with E-state index in [-0.39, 0.29) is 24.2 Å². The number of hydrazine groups is 1. The molecule has 9 heteroatoms. The van der Waals surface area contributed by atoms with Crippen LogP contribution in [-0.4, -0.2) is 45.2 Å². The molecule has 1 fully saturated rings. The fraction of sp³-hybridized carbons (Fsp3) is 0.360. The summed E-state index contributed by atoms with van der Waals surface area (Å²) in [6.45, 7) is 4.85. The number of amides is 1.